The summed E-state index contributed by atoms with van der Waals surface area (Å²) in [5, 5.41) is -0.284. The van der Waals surface area contributed by atoms with Gasteiger partial charge in [0, 0.05) is 11.8 Å². The maximum Gasteiger partial charge on any atom is 0.154 e. The molecule has 1 fully saturated rings. The van der Waals surface area contributed by atoms with Gasteiger partial charge in [-0.2, -0.15) is 0 Å². The molecule has 0 aromatic carbocycles. The van der Waals surface area contributed by atoms with Crippen LogP contribution in [0.15, 0.2) is 0 Å². The van der Waals surface area contributed by atoms with Crippen molar-refractivity contribution in [3.8, 4) is 0 Å². The molecule has 0 aliphatic heterocycles. The zero-order chi connectivity index (χ0) is 11.5. The molecule has 4 heteroatoms. The van der Waals surface area contributed by atoms with E-state index in [1.165, 1.54) is 0 Å². The fraction of sp³-hybridized carbons (Fsp3) is 1.00. The molecule has 0 spiro atoms. The Kier molecular flexibility index (Phi) is 4.59. The number of rotatable bonds is 4. The van der Waals surface area contributed by atoms with Gasteiger partial charge in [-0.25, -0.2) is 8.42 Å². The van der Waals surface area contributed by atoms with Gasteiger partial charge < -0.3 is 5.73 Å². The molecule has 0 amide bonds. The normalized spacial score (nSPS) is 32.9. The largest absolute Gasteiger partial charge is 0.327 e. The average molecular weight is 233 g/mol. The van der Waals surface area contributed by atoms with Crippen molar-refractivity contribution < 1.29 is 8.42 Å². The lowest BCUT2D eigenvalue weighted by molar-refractivity contribution is 0.309. The van der Waals surface area contributed by atoms with E-state index in [1.54, 1.807) is 6.92 Å². The number of hydrogen-bond acceptors (Lipinski definition) is 3. The summed E-state index contributed by atoms with van der Waals surface area (Å²) in [5.74, 6) is 0.797. The van der Waals surface area contributed by atoms with E-state index >= 15 is 0 Å². The summed E-state index contributed by atoms with van der Waals surface area (Å²) in [6.45, 7) is 3.86. The fourth-order valence-corrected chi connectivity index (χ4v) is 4.19. The molecule has 90 valence electrons. The molecule has 0 heterocycles. The molecule has 2 N–H and O–H groups in total. The standard InChI is InChI=1S/C11H23NO2S/c1-3-5-9-6-7-10(12)11(8-9)15(13,14)4-2/h9-11H,3-8,12H2,1-2H3. The van der Waals surface area contributed by atoms with Crippen LogP contribution in [0.3, 0.4) is 0 Å². The molecule has 1 aliphatic carbocycles. The molecule has 3 atom stereocenters. The van der Waals surface area contributed by atoms with E-state index in [9.17, 15) is 8.42 Å². The van der Waals surface area contributed by atoms with Crippen LogP contribution in [0, 0.1) is 5.92 Å². The minimum absolute atomic E-state index is 0.136. The van der Waals surface area contributed by atoms with Gasteiger partial charge in [-0.3, -0.25) is 0 Å². The molecule has 0 radical (unpaired) electrons. The molecule has 0 aromatic heterocycles. The molecule has 3 nitrogen and oxygen atoms in total. The smallest absolute Gasteiger partial charge is 0.154 e. The van der Waals surface area contributed by atoms with E-state index in [1.807, 2.05) is 0 Å². The van der Waals surface area contributed by atoms with Gasteiger partial charge in [0.15, 0.2) is 9.84 Å². The Morgan fingerprint density at radius 2 is 1.93 bits per heavy atom. The lowest BCUT2D eigenvalue weighted by atomic mass is 9.83. The van der Waals surface area contributed by atoms with E-state index in [0.717, 1.165) is 32.1 Å². The second kappa shape index (κ2) is 5.30. The molecule has 0 aromatic rings. The quantitative estimate of drug-likeness (QED) is 0.804. The van der Waals surface area contributed by atoms with Gasteiger partial charge in [-0.15, -0.1) is 0 Å². The SMILES string of the molecule is CCCC1CCC(N)C(S(=O)(=O)CC)C1. The third kappa shape index (κ3) is 3.18. The van der Waals surface area contributed by atoms with Crippen LogP contribution in [0.25, 0.3) is 0 Å². The van der Waals surface area contributed by atoms with Crippen LogP contribution < -0.4 is 5.73 Å². The van der Waals surface area contributed by atoms with Crippen LogP contribution in [-0.4, -0.2) is 25.5 Å². The van der Waals surface area contributed by atoms with Gasteiger partial charge in [0.05, 0.1) is 5.25 Å². The van der Waals surface area contributed by atoms with E-state index < -0.39 is 9.84 Å². The second-order valence-electron chi connectivity index (χ2n) is 4.62. The van der Waals surface area contributed by atoms with Crippen LogP contribution >= 0.6 is 0 Å². The molecule has 1 aliphatic rings. The molecule has 3 unspecified atom stereocenters. The number of hydrogen-bond donors (Lipinski definition) is 1. The lowest BCUT2D eigenvalue weighted by Crippen LogP contribution is -2.45. The Morgan fingerprint density at radius 1 is 1.27 bits per heavy atom. The number of sulfone groups is 1. The summed E-state index contributed by atoms with van der Waals surface area (Å²) in [5.41, 5.74) is 5.92. The predicted molar refractivity (Wildman–Crippen MR) is 63.5 cm³/mol. The zero-order valence-electron chi connectivity index (χ0n) is 9.78. The van der Waals surface area contributed by atoms with Crippen LogP contribution in [-0.2, 0) is 9.84 Å². The van der Waals surface area contributed by atoms with Crippen molar-refractivity contribution >= 4 is 9.84 Å². The van der Waals surface area contributed by atoms with Crippen molar-refractivity contribution in [1.29, 1.82) is 0 Å². The molecule has 0 saturated heterocycles. The highest BCUT2D eigenvalue weighted by molar-refractivity contribution is 7.92. The van der Waals surface area contributed by atoms with Gasteiger partial charge in [0.1, 0.15) is 0 Å². The molecular weight excluding hydrogens is 210 g/mol. The average Bonchev–Trinajstić information content (AvgIpc) is 2.21. The Labute approximate surface area is 93.3 Å². The molecular formula is C11H23NO2S. The first-order chi connectivity index (χ1) is 7.01. The van der Waals surface area contributed by atoms with Crippen LogP contribution in [0.4, 0.5) is 0 Å². The fourth-order valence-electron chi connectivity index (χ4n) is 2.53. The third-order valence-corrected chi connectivity index (χ3v) is 5.78. The lowest BCUT2D eigenvalue weighted by Gasteiger charge is -2.33. The second-order valence-corrected chi connectivity index (χ2v) is 7.13. The third-order valence-electron chi connectivity index (χ3n) is 3.51. The van der Waals surface area contributed by atoms with Gasteiger partial charge in [0.2, 0.25) is 0 Å². The van der Waals surface area contributed by atoms with Crippen molar-refractivity contribution in [1.82, 2.24) is 0 Å². The van der Waals surface area contributed by atoms with Gasteiger partial charge in [-0.05, 0) is 25.2 Å². The Balaban J connectivity index is 2.69. The van der Waals surface area contributed by atoms with E-state index in [4.69, 9.17) is 5.73 Å². The predicted octanol–water partition coefficient (Wildman–Crippen LogP) is 1.72. The monoisotopic (exact) mass is 233 g/mol. The maximum atomic E-state index is 11.8. The molecule has 1 saturated carbocycles. The highest BCUT2D eigenvalue weighted by atomic mass is 32.2. The summed E-state index contributed by atoms with van der Waals surface area (Å²) in [7, 11) is -2.95. The summed E-state index contributed by atoms with van der Waals surface area (Å²) >= 11 is 0. The summed E-state index contributed by atoms with van der Waals surface area (Å²) in [6.07, 6.45) is 5.03. The van der Waals surface area contributed by atoms with Crippen LogP contribution in [0.1, 0.15) is 46.0 Å². The first-order valence-electron chi connectivity index (χ1n) is 5.98. The highest BCUT2D eigenvalue weighted by Gasteiger charge is 2.35. The van der Waals surface area contributed by atoms with Crippen molar-refractivity contribution in [3.05, 3.63) is 0 Å². The Hall–Kier alpha value is -0.0900. The number of nitrogens with two attached hydrogens (primary N) is 1. The molecule has 0 bridgehead atoms. The molecule has 15 heavy (non-hydrogen) atoms. The first-order valence-corrected chi connectivity index (χ1v) is 7.70. The van der Waals surface area contributed by atoms with Gasteiger partial charge in [-0.1, -0.05) is 26.7 Å². The van der Waals surface area contributed by atoms with Crippen molar-refractivity contribution in [3.63, 3.8) is 0 Å². The maximum absolute atomic E-state index is 11.8. The summed E-state index contributed by atoms with van der Waals surface area (Å²) < 4.78 is 23.7. The Morgan fingerprint density at radius 3 is 2.47 bits per heavy atom. The Bertz CT molecular complexity index is 287. The molecule has 1 rings (SSSR count). The van der Waals surface area contributed by atoms with Crippen LogP contribution in [0.5, 0.6) is 0 Å². The highest BCUT2D eigenvalue weighted by Crippen LogP contribution is 2.31. The van der Waals surface area contributed by atoms with E-state index in [2.05, 4.69) is 6.92 Å². The minimum Gasteiger partial charge on any atom is -0.327 e. The van der Waals surface area contributed by atoms with Crippen molar-refractivity contribution in [2.75, 3.05) is 5.75 Å². The van der Waals surface area contributed by atoms with E-state index in [0.29, 0.717) is 5.92 Å². The van der Waals surface area contributed by atoms with Gasteiger partial charge in [0.25, 0.3) is 0 Å². The summed E-state index contributed by atoms with van der Waals surface area (Å²) in [6, 6.07) is -0.136. The summed E-state index contributed by atoms with van der Waals surface area (Å²) in [4.78, 5) is 0. The first kappa shape index (κ1) is 13.0. The van der Waals surface area contributed by atoms with E-state index in [-0.39, 0.29) is 17.0 Å². The van der Waals surface area contributed by atoms with Crippen molar-refractivity contribution in [2.45, 2.75) is 57.2 Å². The zero-order valence-corrected chi connectivity index (χ0v) is 10.6. The topological polar surface area (TPSA) is 60.2 Å². The van der Waals surface area contributed by atoms with Gasteiger partial charge >= 0.3 is 0 Å². The van der Waals surface area contributed by atoms with Crippen molar-refractivity contribution in [2.24, 2.45) is 11.7 Å². The minimum atomic E-state index is -2.95. The van der Waals surface area contributed by atoms with Crippen LogP contribution in [0.2, 0.25) is 0 Å².